The number of ether oxygens (including phenoxy) is 2. The van der Waals surface area contributed by atoms with Gasteiger partial charge in [-0.05, 0) is 35.4 Å². The second kappa shape index (κ2) is 11.0. The van der Waals surface area contributed by atoms with Crippen LogP contribution >= 0.6 is 0 Å². The van der Waals surface area contributed by atoms with Crippen molar-refractivity contribution in [2.24, 2.45) is 0 Å². The van der Waals surface area contributed by atoms with Crippen molar-refractivity contribution in [3.05, 3.63) is 82.9 Å². The Morgan fingerprint density at radius 3 is 1.19 bits per heavy atom. The molecule has 0 fully saturated rings. The monoisotopic (exact) mass is 580 g/mol. The van der Waals surface area contributed by atoms with Crippen LogP contribution < -0.4 is 9.47 Å². The Bertz CT molecular complexity index is 1510. The van der Waals surface area contributed by atoms with Gasteiger partial charge < -0.3 is 60.5 Å². The van der Waals surface area contributed by atoms with E-state index in [-0.39, 0.29) is 70.3 Å². The van der Waals surface area contributed by atoms with Crippen LogP contribution in [0.2, 0.25) is 0 Å². The van der Waals surface area contributed by atoms with Crippen LogP contribution in [0.25, 0.3) is 0 Å². The Balaban J connectivity index is 0.000000168. The first-order valence-electron chi connectivity index (χ1n) is 12.7. The first-order valence-corrected chi connectivity index (χ1v) is 12.7. The van der Waals surface area contributed by atoms with E-state index >= 15 is 0 Å². The van der Waals surface area contributed by atoms with Crippen LogP contribution in [0.4, 0.5) is 0 Å². The molecule has 42 heavy (non-hydrogen) atoms. The van der Waals surface area contributed by atoms with E-state index in [0.29, 0.717) is 22.3 Å². The number of aromatic hydroxyl groups is 8. The molecule has 0 saturated carbocycles. The van der Waals surface area contributed by atoms with Crippen molar-refractivity contribution in [3.8, 4) is 57.5 Å². The van der Waals surface area contributed by atoms with E-state index in [4.69, 9.17) is 9.47 Å². The maximum atomic E-state index is 10.2. The van der Waals surface area contributed by atoms with Gasteiger partial charge in [-0.3, -0.25) is 0 Å². The highest BCUT2D eigenvalue weighted by Gasteiger charge is 2.33. The Morgan fingerprint density at radius 2 is 0.833 bits per heavy atom. The molecule has 4 aromatic rings. The smallest absolute Gasteiger partial charge is 0.157 e. The summed E-state index contributed by atoms with van der Waals surface area (Å²) in [6, 6.07) is 13.3. The fourth-order valence-corrected chi connectivity index (χ4v) is 4.93. The minimum absolute atomic E-state index is 0.143. The summed E-state index contributed by atoms with van der Waals surface area (Å²) in [6.07, 6.45) is -3.12. The highest BCUT2D eigenvalue weighted by Crippen LogP contribution is 2.44. The summed E-state index contributed by atoms with van der Waals surface area (Å²) in [5, 5.41) is 96.6. The number of phenols is 8. The number of aliphatic hydroxyl groups excluding tert-OH is 2. The fourth-order valence-electron chi connectivity index (χ4n) is 4.93. The van der Waals surface area contributed by atoms with Gasteiger partial charge in [0.2, 0.25) is 0 Å². The van der Waals surface area contributed by atoms with Crippen LogP contribution in [-0.4, -0.2) is 63.3 Å². The van der Waals surface area contributed by atoms with Crippen LogP contribution in [0.5, 0.6) is 57.5 Å². The minimum atomic E-state index is -0.933. The number of rotatable bonds is 2. The highest BCUT2D eigenvalue weighted by atomic mass is 16.5. The second-order valence-corrected chi connectivity index (χ2v) is 10.00. The lowest BCUT2D eigenvalue weighted by Gasteiger charge is -2.31. The molecule has 0 bridgehead atoms. The molecule has 6 rings (SSSR count). The molecule has 2 aliphatic rings. The van der Waals surface area contributed by atoms with Gasteiger partial charge in [0.25, 0.3) is 0 Å². The molecule has 2 aliphatic heterocycles. The average molecular weight is 581 g/mol. The van der Waals surface area contributed by atoms with E-state index in [1.54, 1.807) is 0 Å². The van der Waals surface area contributed by atoms with Gasteiger partial charge in [-0.15, -0.1) is 0 Å². The van der Waals surface area contributed by atoms with Gasteiger partial charge in [-0.2, -0.15) is 0 Å². The summed E-state index contributed by atoms with van der Waals surface area (Å²) >= 11 is 0. The summed E-state index contributed by atoms with van der Waals surface area (Å²) in [4.78, 5) is 0. The van der Waals surface area contributed by atoms with Crippen molar-refractivity contribution < 1.29 is 60.5 Å². The Labute approximate surface area is 238 Å². The van der Waals surface area contributed by atoms with E-state index in [9.17, 15) is 51.1 Å². The lowest BCUT2D eigenvalue weighted by molar-refractivity contribution is 0.0196. The molecule has 0 spiro atoms. The quantitative estimate of drug-likeness (QED) is 0.155. The molecule has 4 atom stereocenters. The largest absolute Gasteiger partial charge is 0.508 e. The van der Waals surface area contributed by atoms with Gasteiger partial charge in [0, 0.05) is 48.2 Å². The number of hydrogen-bond donors (Lipinski definition) is 10. The molecule has 220 valence electrons. The predicted molar refractivity (Wildman–Crippen MR) is 145 cm³/mol. The molecule has 0 amide bonds. The van der Waals surface area contributed by atoms with Crippen molar-refractivity contribution in [1.82, 2.24) is 0 Å². The molecule has 12 heteroatoms. The first-order chi connectivity index (χ1) is 19.9. The molecule has 4 aromatic carbocycles. The van der Waals surface area contributed by atoms with Crippen molar-refractivity contribution in [3.63, 3.8) is 0 Å². The zero-order valence-corrected chi connectivity index (χ0v) is 21.8. The number of hydrogen-bond acceptors (Lipinski definition) is 12. The summed E-state index contributed by atoms with van der Waals surface area (Å²) in [6.45, 7) is 0. The van der Waals surface area contributed by atoms with Crippen molar-refractivity contribution in [2.75, 3.05) is 0 Å². The normalized spacial score (nSPS) is 20.6. The highest BCUT2D eigenvalue weighted by molar-refractivity contribution is 5.53. The number of phenolic OH excluding ortho intramolecular Hbond substituents is 8. The molecule has 0 unspecified atom stereocenters. The lowest BCUT2D eigenvalue weighted by atomic mass is 9.94. The third-order valence-electron chi connectivity index (χ3n) is 7.03. The summed E-state index contributed by atoms with van der Waals surface area (Å²) in [7, 11) is 0. The number of fused-ring (bicyclic) bond motifs is 2. The third-order valence-corrected chi connectivity index (χ3v) is 7.03. The maximum Gasteiger partial charge on any atom is 0.157 e. The van der Waals surface area contributed by atoms with Gasteiger partial charge in [0.1, 0.15) is 46.7 Å². The molecular weight excluding hydrogens is 552 g/mol. The lowest BCUT2D eigenvalue weighted by Crippen LogP contribution is -2.30. The summed E-state index contributed by atoms with van der Waals surface area (Å²) < 4.78 is 11.2. The van der Waals surface area contributed by atoms with E-state index < -0.39 is 24.4 Å². The van der Waals surface area contributed by atoms with Crippen molar-refractivity contribution in [1.29, 1.82) is 0 Å². The summed E-state index contributed by atoms with van der Waals surface area (Å²) in [5.41, 5.74) is 1.79. The molecule has 2 heterocycles. The van der Waals surface area contributed by atoms with Gasteiger partial charge >= 0.3 is 0 Å². The zero-order valence-electron chi connectivity index (χ0n) is 21.8. The summed E-state index contributed by atoms with van der Waals surface area (Å²) in [5.74, 6) is -1.18. The maximum absolute atomic E-state index is 10.2. The van der Waals surface area contributed by atoms with E-state index in [0.717, 1.165) is 0 Å². The van der Waals surface area contributed by atoms with Crippen LogP contribution in [0.15, 0.2) is 60.7 Å². The molecule has 0 radical (unpaired) electrons. The minimum Gasteiger partial charge on any atom is -0.508 e. The van der Waals surface area contributed by atoms with Crippen molar-refractivity contribution in [2.45, 2.75) is 37.3 Å². The van der Waals surface area contributed by atoms with E-state index in [1.165, 1.54) is 60.7 Å². The molecule has 0 aromatic heterocycles. The number of aliphatic hydroxyl groups is 2. The average Bonchev–Trinajstić information content (AvgIpc) is 2.92. The Kier molecular flexibility index (Phi) is 7.42. The van der Waals surface area contributed by atoms with E-state index in [2.05, 4.69) is 0 Å². The zero-order chi connectivity index (χ0) is 30.3. The van der Waals surface area contributed by atoms with Gasteiger partial charge in [-0.25, -0.2) is 0 Å². The molecule has 0 aliphatic carbocycles. The van der Waals surface area contributed by atoms with Crippen LogP contribution in [0.3, 0.4) is 0 Å². The standard InChI is InChI=1S/2C15H14O6/c2*16-8-4-11(18)9-6-13(20)15(21-14(9)5-8)7-1-2-10(17)12(19)3-7/h2*1-5,13,15-20H,6H2/t13-,15+;13-,15-/m11/s1. The van der Waals surface area contributed by atoms with Crippen LogP contribution in [0.1, 0.15) is 34.5 Å². The molecule has 12 nitrogen and oxygen atoms in total. The molecule has 10 N–H and O–H groups in total. The SMILES string of the molecule is Oc1cc(O)c2c(c1)O[C@@H](c1ccc(O)c(O)c1)[C@H](O)C2.Oc1cc(O)c2c(c1)O[C@H](c1ccc(O)c(O)c1)[C@H](O)C2. The Morgan fingerprint density at radius 1 is 0.452 bits per heavy atom. The van der Waals surface area contributed by atoms with Crippen LogP contribution in [0, 0.1) is 0 Å². The molecule has 0 saturated heterocycles. The topological polar surface area (TPSA) is 221 Å². The van der Waals surface area contributed by atoms with Crippen molar-refractivity contribution >= 4 is 0 Å². The van der Waals surface area contributed by atoms with Gasteiger partial charge in [0.05, 0.1) is 12.2 Å². The Hall–Kier alpha value is -5.20. The van der Waals surface area contributed by atoms with E-state index in [1.807, 2.05) is 0 Å². The first kappa shape index (κ1) is 28.3. The van der Waals surface area contributed by atoms with Gasteiger partial charge in [-0.1, -0.05) is 12.1 Å². The fraction of sp³-hybridized carbons (Fsp3) is 0.200. The third kappa shape index (κ3) is 5.53. The predicted octanol–water partition coefficient (Wildman–Crippen LogP) is 3.09. The van der Waals surface area contributed by atoms with Gasteiger partial charge in [0.15, 0.2) is 23.0 Å². The van der Waals surface area contributed by atoms with Crippen LogP contribution in [-0.2, 0) is 12.8 Å². The molecular formula is C30H28O12. The second-order valence-electron chi connectivity index (χ2n) is 10.00. The number of benzene rings is 4.